The van der Waals surface area contributed by atoms with E-state index in [0.717, 1.165) is 18.6 Å². The molecule has 6 heteroatoms. The molecule has 0 aromatic carbocycles. The van der Waals surface area contributed by atoms with Crippen LogP contribution in [0.5, 0.6) is 0 Å². The SMILES string of the molecule is CN(C(=O)N1CCSCC1C(=O)O)C1CCCC1. The first-order valence-electron chi connectivity index (χ1n) is 6.45. The molecule has 0 bridgehead atoms. The highest BCUT2D eigenvalue weighted by Crippen LogP contribution is 2.25. The van der Waals surface area contributed by atoms with Gasteiger partial charge in [-0.05, 0) is 12.8 Å². The highest BCUT2D eigenvalue weighted by molar-refractivity contribution is 7.99. The van der Waals surface area contributed by atoms with Gasteiger partial charge in [0.2, 0.25) is 0 Å². The second-order valence-electron chi connectivity index (χ2n) is 4.95. The molecule has 1 heterocycles. The van der Waals surface area contributed by atoms with E-state index in [9.17, 15) is 14.7 Å². The maximum absolute atomic E-state index is 12.4. The molecule has 1 aliphatic carbocycles. The zero-order valence-corrected chi connectivity index (χ0v) is 11.5. The monoisotopic (exact) mass is 272 g/mol. The predicted octanol–water partition coefficient (Wildman–Crippen LogP) is 1.48. The van der Waals surface area contributed by atoms with Gasteiger partial charge in [-0.3, -0.25) is 0 Å². The number of carbonyl (C=O) groups is 2. The number of amides is 2. The number of hydrogen-bond acceptors (Lipinski definition) is 3. The Kier molecular flexibility index (Phi) is 4.37. The number of hydrogen-bond donors (Lipinski definition) is 1. The third-order valence-corrected chi connectivity index (χ3v) is 4.86. The third-order valence-electron chi connectivity index (χ3n) is 3.83. The fourth-order valence-corrected chi connectivity index (χ4v) is 3.73. The number of carboxylic acids is 1. The molecule has 2 aliphatic rings. The summed E-state index contributed by atoms with van der Waals surface area (Å²) in [6.07, 6.45) is 4.42. The van der Waals surface area contributed by atoms with Crippen LogP contribution in [-0.4, -0.2) is 64.1 Å². The van der Waals surface area contributed by atoms with Crippen LogP contribution in [0.25, 0.3) is 0 Å². The lowest BCUT2D eigenvalue weighted by Gasteiger charge is -2.37. The highest BCUT2D eigenvalue weighted by atomic mass is 32.2. The summed E-state index contributed by atoms with van der Waals surface area (Å²) in [7, 11) is 1.80. The Bertz CT molecular complexity index is 331. The maximum Gasteiger partial charge on any atom is 0.327 e. The van der Waals surface area contributed by atoms with Crippen molar-refractivity contribution in [2.45, 2.75) is 37.8 Å². The Balaban J connectivity index is 2.03. The van der Waals surface area contributed by atoms with Crippen LogP contribution in [0.3, 0.4) is 0 Å². The van der Waals surface area contributed by atoms with Crippen LogP contribution in [0.2, 0.25) is 0 Å². The lowest BCUT2D eigenvalue weighted by molar-refractivity contribution is -0.141. The summed E-state index contributed by atoms with van der Waals surface area (Å²) in [6, 6.07) is -0.490. The van der Waals surface area contributed by atoms with E-state index in [1.54, 1.807) is 23.7 Å². The van der Waals surface area contributed by atoms with E-state index >= 15 is 0 Å². The largest absolute Gasteiger partial charge is 0.480 e. The van der Waals surface area contributed by atoms with Gasteiger partial charge in [-0.1, -0.05) is 12.8 Å². The van der Waals surface area contributed by atoms with E-state index in [4.69, 9.17) is 0 Å². The Morgan fingerprint density at radius 2 is 2.00 bits per heavy atom. The van der Waals surface area contributed by atoms with Gasteiger partial charge in [0, 0.05) is 31.1 Å². The summed E-state index contributed by atoms with van der Waals surface area (Å²) in [4.78, 5) is 26.8. The van der Waals surface area contributed by atoms with Gasteiger partial charge in [-0.25, -0.2) is 9.59 Å². The first-order valence-corrected chi connectivity index (χ1v) is 7.60. The smallest absolute Gasteiger partial charge is 0.327 e. The number of urea groups is 1. The van der Waals surface area contributed by atoms with E-state index < -0.39 is 12.0 Å². The zero-order chi connectivity index (χ0) is 13.1. The number of carbonyl (C=O) groups excluding carboxylic acids is 1. The first-order chi connectivity index (χ1) is 8.61. The molecule has 5 nitrogen and oxygen atoms in total. The Hall–Kier alpha value is -0.910. The van der Waals surface area contributed by atoms with E-state index in [1.807, 2.05) is 0 Å². The molecule has 0 aromatic rings. The first kappa shape index (κ1) is 13.5. The molecule has 2 fully saturated rings. The molecule has 0 radical (unpaired) electrons. The summed E-state index contributed by atoms with van der Waals surface area (Å²) >= 11 is 1.60. The number of thioether (sulfide) groups is 1. The van der Waals surface area contributed by atoms with Gasteiger partial charge in [0.25, 0.3) is 0 Å². The zero-order valence-electron chi connectivity index (χ0n) is 10.7. The topological polar surface area (TPSA) is 60.9 Å². The molecule has 1 saturated heterocycles. The Labute approximate surface area is 112 Å². The average molecular weight is 272 g/mol. The minimum atomic E-state index is -0.893. The van der Waals surface area contributed by atoms with Crippen LogP contribution in [0.4, 0.5) is 4.79 Å². The molecule has 102 valence electrons. The molecule has 1 atom stereocenters. The molecule has 1 saturated carbocycles. The molecule has 1 N–H and O–H groups in total. The molecular weight excluding hydrogens is 252 g/mol. The molecule has 1 unspecified atom stereocenters. The third kappa shape index (κ3) is 2.74. The lowest BCUT2D eigenvalue weighted by atomic mass is 10.2. The second kappa shape index (κ2) is 5.82. The summed E-state index contributed by atoms with van der Waals surface area (Å²) in [6.45, 7) is 0.539. The van der Waals surface area contributed by atoms with Crippen molar-refractivity contribution in [3.8, 4) is 0 Å². The standard InChI is InChI=1S/C12H20N2O3S/c1-13(9-4-2-3-5-9)12(17)14-6-7-18-8-10(14)11(15)16/h9-10H,2-8H2,1H3,(H,15,16). The van der Waals surface area contributed by atoms with Crippen molar-refractivity contribution in [1.29, 1.82) is 0 Å². The number of nitrogens with zero attached hydrogens (tertiary/aromatic N) is 2. The fraction of sp³-hybridized carbons (Fsp3) is 0.833. The normalized spacial score (nSPS) is 25.2. The van der Waals surface area contributed by atoms with Gasteiger partial charge in [-0.2, -0.15) is 11.8 Å². The van der Waals surface area contributed by atoms with Crippen LogP contribution in [0.1, 0.15) is 25.7 Å². The van der Waals surface area contributed by atoms with Crippen LogP contribution >= 0.6 is 11.8 Å². The quantitative estimate of drug-likeness (QED) is 0.827. The van der Waals surface area contributed by atoms with Gasteiger partial charge < -0.3 is 14.9 Å². The minimum Gasteiger partial charge on any atom is -0.480 e. The average Bonchev–Trinajstić information content (AvgIpc) is 2.90. The number of carboxylic acid groups (broad SMARTS) is 1. The van der Waals surface area contributed by atoms with Crippen LogP contribution in [-0.2, 0) is 4.79 Å². The Morgan fingerprint density at radius 3 is 2.61 bits per heavy atom. The fourth-order valence-electron chi connectivity index (χ4n) is 2.69. The minimum absolute atomic E-state index is 0.116. The van der Waals surface area contributed by atoms with Crippen LogP contribution in [0, 0.1) is 0 Å². The summed E-state index contributed by atoms with van der Waals surface area (Å²) in [5.41, 5.74) is 0. The number of rotatable bonds is 2. The van der Waals surface area contributed by atoms with Gasteiger partial charge >= 0.3 is 12.0 Å². The predicted molar refractivity (Wildman–Crippen MR) is 70.9 cm³/mol. The molecule has 2 amide bonds. The van der Waals surface area contributed by atoms with Gasteiger partial charge in [-0.15, -0.1) is 0 Å². The molecule has 0 aromatic heterocycles. The second-order valence-corrected chi connectivity index (χ2v) is 6.10. The molecular formula is C12H20N2O3S. The van der Waals surface area contributed by atoms with Crippen molar-refractivity contribution in [2.75, 3.05) is 25.1 Å². The van der Waals surface area contributed by atoms with E-state index in [2.05, 4.69) is 0 Å². The van der Waals surface area contributed by atoms with E-state index in [0.29, 0.717) is 18.3 Å². The maximum atomic E-state index is 12.4. The highest BCUT2D eigenvalue weighted by Gasteiger charge is 2.35. The summed E-state index contributed by atoms with van der Waals surface area (Å²) in [5.74, 6) is 0.434. The van der Waals surface area contributed by atoms with Crippen LogP contribution in [0.15, 0.2) is 0 Å². The number of aliphatic carboxylic acids is 1. The molecule has 1 aliphatic heterocycles. The van der Waals surface area contributed by atoms with E-state index in [-0.39, 0.29) is 6.03 Å². The van der Waals surface area contributed by atoms with Crippen molar-refractivity contribution < 1.29 is 14.7 Å². The lowest BCUT2D eigenvalue weighted by Crippen LogP contribution is -2.55. The van der Waals surface area contributed by atoms with E-state index in [1.165, 1.54) is 17.7 Å². The van der Waals surface area contributed by atoms with Crippen molar-refractivity contribution in [3.63, 3.8) is 0 Å². The summed E-state index contributed by atoms with van der Waals surface area (Å²) in [5, 5.41) is 9.18. The molecule has 0 spiro atoms. The van der Waals surface area contributed by atoms with Gasteiger partial charge in [0.1, 0.15) is 6.04 Å². The van der Waals surface area contributed by atoms with Gasteiger partial charge in [0.05, 0.1) is 0 Å². The van der Waals surface area contributed by atoms with Crippen molar-refractivity contribution in [3.05, 3.63) is 0 Å². The molecule has 2 rings (SSSR count). The molecule has 18 heavy (non-hydrogen) atoms. The van der Waals surface area contributed by atoms with Crippen LogP contribution < -0.4 is 0 Å². The Morgan fingerprint density at radius 1 is 1.33 bits per heavy atom. The van der Waals surface area contributed by atoms with Crippen molar-refractivity contribution in [1.82, 2.24) is 9.80 Å². The van der Waals surface area contributed by atoms with Gasteiger partial charge in [0.15, 0.2) is 0 Å². The summed E-state index contributed by atoms with van der Waals surface area (Å²) < 4.78 is 0. The van der Waals surface area contributed by atoms with Crippen molar-refractivity contribution in [2.24, 2.45) is 0 Å². The van der Waals surface area contributed by atoms with Crippen molar-refractivity contribution >= 4 is 23.8 Å².